The van der Waals surface area contributed by atoms with Crippen molar-refractivity contribution in [3.05, 3.63) is 64.9 Å². The minimum Gasteiger partial charge on any atom is -0.328 e. The van der Waals surface area contributed by atoms with E-state index in [1.54, 1.807) is 0 Å². The third-order valence-corrected chi connectivity index (χ3v) is 3.93. The summed E-state index contributed by atoms with van der Waals surface area (Å²) < 4.78 is 2.15. The summed E-state index contributed by atoms with van der Waals surface area (Å²) in [6.45, 7) is 2.74. The fourth-order valence-corrected chi connectivity index (χ4v) is 2.83. The summed E-state index contributed by atoms with van der Waals surface area (Å²) in [7, 11) is 0. The molecule has 0 spiro atoms. The molecule has 0 saturated carbocycles. The van der Waals surface area contributed by atoms with E-state index in [2.05, 4.69) is 21.8 Å². The molecule has 2 N–H and O–H groups in total. The Morgan fingerprint density at radius 2 is 2.00 bits per heavy atom. The molecule has 4 heteroatoms. The minimum atomic E-state index is 0.129. The lowest BCUT2D eigenvalue weighted by atomic mass is 10.1. The van der Waals surface area contributed by atoms with E-state index in [0.29, 0.717) is 6.54 Å². The van der Waals surface area contributed by atoms with Crippen molar-refractivity contribution in [2.45, 2.75) is 25.9 Å². The van der Waals surface area contributed by atoms with Crippen molar-refractivity contribution in [3.8, 4) is 0 Å². The average molecular weight is 300 g/mol. The number of nitrogens with two attached hydrogens (primary N) is 1. The summed E-state index contributed by atoms with van der Waals surface area (Å²) in [5.74, 6) is 0. The highest BCUT2D eigenvalue weighted by Crippen LogP contribution is 2.23. The number of rotatable bonds is 4. The van der Waals surface area contributed by atoms with Crippen LogP contribution in [-0.2, 0) is 13.0 Å². The lowest BCUT2D eigenvalue weighted by Crippen LogP contribution is -2.17. The highest BCUT2D eigenvalue weighted by atomic mass is 35.5. The highest BCUT2D eigenvalue weighted by Gasteiger charge is 2.11. The van der Waals surface area contributed by atoms with E-state index in [9.17, 15) is 0 Å². The molecule has 1 aromatic carbocycles. The number of benzene rings is 1. The molecule has 3 aromatic rings. The van der Waals surface area contributed by atoms with E-state index in [1.165, 1.54) is 10.9 Å². The van der Waals surface area contributed by atoms with Crippen molar-refractivity contribution in [3.63, 3.8) is 0 Å². The molecule has 0 aliphatic heterocycles. The van der Waals surface area contributed by atoms with Gasteiger partial charge in [-0.2, -0.15) is 0 Å². The Kier molecular flexibility index (Phi) is 3.95. The maximum atomic E-state index is 6.26. The summed E-state index contributed by atoms with van der Waals surface area (Å²) in [4.78, 5) is 4.51. The van der Waals surface area contributed by atoms with Gasteiger partial charge in [-0.1, -0.05) is 29.8 Å². The second kappa shape index (κ2) is 5.88. The van der Waals surface area contributed by atoms with Gasteiger partial charge in [0.15, 0.2) is 0 Å². The molecule has 0 bridgehead atoms. The van der Waals surface area contributed by atoms with Gasteiger partial charge in [-0.15, -0.1) is 0 Å². The average Bonchev–Trinajstić information content (AvgIpc) is 2.79. The van der Waals surface area contributed by atoms with Gasteiger partial charge < -0.3 is 10.3 Å². The van der Waals surface area contributed by atoms with Crippen LogP contribution in [0.5, 0.6) is 0 Å². The van der Waals surface area contributed by atoms with E-state index < -0.39 is 0 Å². The Hall–Kier alpha value is -1.84. The van der Waals surface area contributed by atoms with Gasteiger partial charge in [0.25, 0.3) is 0 Å². The van der Waals surface area contributed by atoms with E-state index in [0.717, 1.165) is 22.7 Å². The molecule has 2 heterocycles. The number of aromatic nitrogens is 2. The van der Waals surface area contributed by atoms with Crippen molar-refractivity contribution in [1.29, 1.82) is 0 Å². The second-order valence-corrected chi connectivity index (χ2v) is 5.84. The summed E-state index contributed by atoms with van der Waals surface area (Å²) in [6, 6.07) is 12.1. The molecule has 1 unspecified atom stereocenters. The lowest BCUT2D eigenvalue weighted by molar-refractivity contribution is 0.734. The van der Waals surface area contributed by atoms with Crippen LogP contribution in [0.15, 0.2) is 48.8 Å². The molecule has 21 heavy (non-hydrogen) atoms. The van der Waals surface area contributed by atoms with E-state index in [4.69, 9.17) is 17.3 Å². The topological polar surface area (TPSA) is 43.8 Å². The van der Waals surface area contributed by atoms with Gasteiger partial charge in [-0.25, -0.2) is 4.98 Å². The van der Waals surface area contributed by atoms with Crippen LogP contribution in [0.3, 0.4) is 0 Å². The molecule has 3 rings (SSSR count). The third kappa shape index (κ3) is 2.94. The van der Waals surface area contributed by atoms with Gasteiger partial charge in [0.2, 0.25) is 0 Å². The first-order valence-corrected chi connectivity index (χ1v) is 7.44. The van der Waals surface area contributed by atoms with Crippen LogP contribution in [0.1, 0.15) is 18.1 Å². The molecule has 108 valence electrons. The molecule has 0 amide bonds. The summed E-state index contributed by atoms with van der Waals surface area (Å²) in [5.41, 5.74) is 9.26. The van der Waals surface area contributed by atoms with Gasteiger partial charge in [-0.3, -0.25) is 0 Å². The zero-order valence-corrected chi connectivity index (χ0v) is 12.7. The first-order chi connectivity index (χ1) is 10.1. The quantitative estimate of drug-likeness (QED) is 0.799. The second-order valence-electron chi connectivity index (χ2n) is 5.43. The van der Waals surface area contributed by atoms with Gasteiger partial charge in [0.1, 0.15) is 5.65 Å². The van der Waals surface area contributed by atoms with Crippen LogP contribution < -0.4 is 5.73 Å². The molecule has 0 fully saturated rings. The molecular weight excluding hydrogens is 282 g/mol. The minimum absolute atomic E-state index is 0.129. The number of pyridine rings is 1. The molecular formula is C17H18ClN3. The van der Waals surface area contributed by atoms with E-state index in [-0.39, 0.29) is 6.04 Å². The summed E-state index contributed by atoms with van der Waals surface area (Å²) >= 11 is 6.26. The molecule has 2 aromatic heterocycles. The zero-order valence-electron chi connectivity index (χ0n) is 12.0. The van der Waals surface area contributed by atoms with Crippen LogP contribution in [0.25, 0.3) is 11.0 Å². The Bertz CT molecular complexity index is 762. The summed E-state index contributed by atoms with van der Waals surface area (Å²) in [6.07, 6.45) is 4.81. The monoisotopic (exact) mass is 299 g/mol. The van der Waals surface area contributed by atoms with Crippen molar-refractivity contribution < 1.29 is 0 Å². The lowest BCUT2D eigenvalue weighted by Gasteiger charge is -2.06. The number of nitrogens with zero attached hydrogens (tertiary/aromatic N) is 2. The van der Waals surface area contributed by atoms with Gasteiger partial charge >= 0.3 is 0 Å². The first-order valence-electron chi connectivity index (χ1n) is 7.07. The molecule has 1 atom stereocenters. The zero-order chi connectivity index (χ0) is 14.8. The van der Waals surface area contributed by atoms with Crippen LogP contribution in [-0.4, -0.2) is 15.6 Å². The number of fused-ring (bicyclic) bond motifs is 1. The smallest absolute Gasteiger partial charge is 0.140 e. The van der Waals surface area contributed by atoms with Crippen molar-refractivity contribution in [2.75, 3.05) is 0 Å². The van der Waals surface area contributed by atoms with Gasteiger partial charge in [0, 0.05) is 28.8 Å². The molecule has 3 nitrogen and oxygen atoms in total. The van der Waals surface area contributed by atoms with Crippen LogP contribution >= 0.6 is 11.6 Å². The maximum Gasteiger partial charge on any atom is 0.140 e. The highest BCUT2D eigenvalue weighted by molar-refractivity contribution is 6.31. The Morgan fingerprint density at radius 1 is 1.19 bits per heavy atom. The molecule has 0 saturated heterocycles. The van der Waals surface area contributed by atoms with Crippen LogP contribution in [0.2, 0.25) is 5.02 Å². The van der Waals surface area contributed by atoms with Crippen molar-refractivity contribution >= 4 is 22.6 Å². The van der Waals surface area contributed by atoms with Crippen LogP contribution in [0.4, 0.5) is 0 Å². The number of hydrogen-bond acceptors (Lipinski definition) is 2. The van der Waals surface area contributed by atoms with Gasteiger partial charge in [-0.05, 0) is 42.7 Å². The normalized spacial score (nSPS) is 12.7. The maximum absolute atomic E-state index is 6.26. The van der Waals surface area contributed by atoms with E-state index >= 15 is 0 Å². The number of halogens is 1. The third-order valence-electron chi connectivity index (χ3n) is 3.56. The molecule has 0 aliphatic carbocycles. The van der Waals surface area contributed by atoms with Crippen molar-refractivity contribution in [2.24, 2.45) is 5.73 Å². The predicted molar refractivity (Wildman–Crippen MR) is 87.6 cm³/mol. The van der Waals surface area contributed by atoms with Crippen molar-refractivity contribution in [1.82, 2.24) is 9.55 Å². The summed E-state index contributed by atoms with van der Waals surface area (Å²) in [5, 5.41) is 1.95. The number of hydrogen-bond donors (Lipinski definition) is 1. The Morgan fingerprint density at radius 3 is 2.76 bits per heavy atom. The molecule has 0 radical (unpaired) electrons. The van der Waals surface area contributed by atoms with Gasteiger partial charge in [0.05, 0.1) is 6.54 Å². The SMILES string of the molecule is CC(N)Cc1cn(Cc2ccccc2Cl)c2ncccc12. The van der Waals surface area contributed by atoms with Crippen LogP contribution in [0, 0.1) is 0 Å². The Balaban J connectivity index is 2.04. The standard InChI is InChI=1S/C17H18ClN3/c1-12(19)9-14-11-21(17-15(14)6-4-8-20-17)10-13-5-2-3-7-16(13)18/h2-8,11-12H,9-10,19H2,1H3. The largest absolute Gasteiger partial charge is 0.328 e. The first kappa shape index (κ1) is 14.1. The van der Waals surface area contributed by atoms with E-state index in [1.807, 2.05) is 43.5 Å². The fraction of sp³-hybridized carbons (Fsp3) is 0.235. The Labute approximate surface area is 129 Å². The molecule has 0 aliphatic rings. The fourth-order valence-electron chi connectivity index (χ4n) is 2.64. The predicted octanol–water partition coefficient (Wildman–Crippen LogP) is 3.63.